The summed E-state index contributed by atoms with van der Waals surface area (Å²) in [7, 11) is 0. The molecule has 2 fully saturated rings. The molecule has 2 rings (SSSR count). The van der Waals surface area contributed by atoms with Crippen LogP contribution in [0.4, 0.5) is 0 Å². The van der Waals surface area contributed by atoms with Crippen LogP contribution in [0.15, 0.2) is 0 Å². The van der Waals surface area contributed by atoms with Crippen LogP contribution in [0.1, 0.15) is 72.6 Å². The van der Waals surface area contributed by atoms with Gasteiger partial charge in [0.15, 0.2) is 0 Å². The number of piperidine rings is 1. The van der Waals surface area contributed by atoms with Crippen molar-refractivity contribution in [3.63, 3.8) is 0 Å². The molecule has 0 spiro atoms. The van der Waals surface area contributed by atoms with E-state index in [0.717, 1.165) is 13.0 Å². The van der Waals surface area contributed by atoms with Crippen LogP contribution in [0.2, 0.25) is 0 Å². The second kappa shape index (κ2) is 7.11. The van der Waals surface area contributed by atoms with Gasteiger partial charge in [0.25, 0.3) is 0 Å². The quantitative estimate of drug-likeness (QED) is 0.839. The van der Waals surface area contributed by atoms with E-state index in [4.69, 9.17) is 0 Å². The summed E-state index contributed by atoms with van der Waals surface area (Å²) in [6.07, 6.45) is 8.65. The fourth-order valence-corrected chi connectivity index (χ4v) is 4.57. The Bertz CT molecular complexity index is 363. The highest BCUT2D eigenvalue weighted by Crippen LogP contribution is 2.38. The minimum Gasteiger partial charge on any atom is -0.298 e. The largest absolute Gasteiger partial charge is 0.298 e. The molecule has 1 saturated heterocycles. The number of nitrogens with zero attached hydrogens (tertiary/aromatic N) is 2. The standard InChI is InChI=1S/C18H33N3/c1-14(2)20-18(13-19)11-6-9-17(18)10-12-21-15(3)7-5-8-16(21)4/h14-17,20H,5-12H2,1-4H3. The van der Waals surface area contributed by atoms with E-state index in [1.165, 1.54) is 38.5 Å². The predicted octanol–water partition coefficient (Wildman–Crippen LogP) is 3.70. The fraction of sp³-hybridized carbons (Fsp3) is 0.944. The smallest absolute Gasteiger partial charge is 0.109 e. The first kappa shape index (κ1) is 16.8. The van der Waals surface area contributed by atoms with Gasteiger partial charge in [-0.3, -0.25) is 10.2 Å². The number of likely N-dealkylation sites (tertiary alicyclic amines) is 1. The zero-order chi connectivity index (χ0) is 15.5. The molecular weight excluding hydrogens is 258 g/mol. The van der Waals surface area contributed by atoms with Crippen molar-refractivity contribution < 1.29 is 0 Å². The number of hydrogen-bond acceptors (Lipinski definition) is 3. The van der Waals surface area contributed by atoms with E-state index < -0.39 is 0 Å². The number of rotatable bonds is 5. The van der Waals surface area contributed by atoms with Gasteiger partial charge in [0.1, 0.15) is 5.54 Å². The molecule has 1 aliphatic heterocycles. The molecule has 0 amide bonds. The van der Waals surface area contributed by atoms with E-state index in [9.17, 15) is 5.26 Å². The summed E-state index contributed by atoms with van der Waals surface area (Å²) >= 11 is 0. The molecule has 2 aliphatic rings. The van der Waals surface area contributed by atoms with Crippen LogP contribution in [0, 0.1) is 17.2 Å². The topological polar surface area (TPSA) is 39.1 Å². The van der Waals surface area contributed by atoms with E-state index in [1.807, 2.05) is 0 Å². The Morgan fingerprint density at radius 3 is 2.43 bits per heavy atom. The number of nitrogens with one attached hydrogen (secondary N) is 1. The van der Waals surface area contributed by atoms with E-state index >= 15 is 0 Å². The highest BCUT2D eigenvalue weighted by molar-refractivity contribution is 5.14. The molecule has 1 aliphatic carbocycles. The summed E-state index contributed by atoms with van der Waals surface area (Å²) in [4.78, 5) is 2.68. The van der Waals surface area contributed by atoms with Crippen LogP contribution < -0.4 is 5.32 Å². The Morgan fingerprint density at radius 1 is 1.19 bits per heavy atom. The zero-order valence-electron chi connectivity index (χ0n) is 14.4. The van der Waals surface area contributed by atoms with Gasteiger partial charge in [-0.25, -0.2) is 0 Å². The lowest BCUT2D eigenvalue weighted by molar-refractivity contribution is 0.0910. The van der Waals surface area contributed by atoms with Gasteiger partial charge in [0, 0.05) is 18.1 Å². The minimum absolute atomic E-state index is 0.267. The third-order valence-corrected chi connectivity index (χ3v) is 5.68. The summed E-state index contributed by atoms with van der Waals surface area (Å²) in [5.41, 5.74) is -0.267. The normalized spacial score (nSPS) is 37.8. The van der Waals surface area contributed by atoms with Gasteiger partial charge in [-0.05, 0) is 72.3 Å². The average molecular weight is 291 g/mol. The average Bonchev–Trinajstić information content (AvgIpc) is 2.81. The highest BCUT2D eigenvalue weighted by Gasteiger charge is 2.43. The first-order valence-corrected chi connectivity index (χ1v) is 8.93. The van der Waals surface area contributed by atoms with Gasteiger partial charge >= 0.3 is 0 Å². The Balaban J connectivity index is 1.96. The van der Waals surface area contributed by atoms with Crippen molar-refractivity contribution in [2.45, 2.75) is 96.3 Å². The first-order valence-electron chi connectivity index (χ1n) is 8.93. The first-order chi connectivity index (χ1) is 9.98. The van der Waals surface area contributed by atoms with E-state index in [1.54, 1.807) is 0 Å². The van der Waals surface area contributed by atoms with Crippen molar-refractivity contribution in [1.29, 1.82) is 5.26 Å². The van der Waals surface area contributed by atoms with Gasteiger partial charge in [-0.15, -0.1) is 0 Å². The Hall–Kier alpha value is -0.590. The molecule has 120 valence electrons. The third kappa shape index (κ3) is 3.79. The molecule has 21 heavy (non-hydrogen) atoms. The summed E-state index contributed by atoms with van der Waals surface area (Å²) in [6, 6.07) is 4.45. The lowest BCUT2D eigenvalue weighted by atomic mass is 9.84. The summed E-state index contributed by atoms with van der Waals surface area (Å²) in [5, 5.41) is 13.3. The summed E-state index contributed by atoms with van der Waals surface area (Å²) in [6.45, 7) is 10.2. The van der Waals surface area contributed by atoms with Crippen molar-refractivity contribution in [3.05, 3.63) is 0 Å². The summed E-state index contributed by atoms with van der Waals surface area (Å²) in [5.74, 6) is 0.520. The Labute approximate surface area is 131 Å². The van der Waals surface area contributed by atoms with Crippen molar-refractivity contribution in [1.82, 2.24) is 10.2 Å². The van der Waals surface area contributed by atoms with Gasteiger partial charge in [-0.1, -0.05) is 12.8 Å². The van der Waals surface area contributed by atoms with Crippen LogP contribution in [0.5, 0.6) is 0 Å². The molecule has 0 aromatic carbocycles. The van der Waals surface area contributed by atoms with Gasteiger partial charge in [0.05, 0.1) is 6.07 Å². The molecule has 4 unspecified atom stereocenters. The van der Waals surface area contributed by atoms with Crippen LogP contribution in [-0.2, 0) is 0 Å². The van der Waals surface area contributed by atoms with E-state index in [-0.39, 0.29) is 5.54 Å². The maximum atomic E-state index is 9.75. The lowest BCUT2D eigenvalue weighted by Gasteiger charge is -2.40. The van der Waals surface area contributed by atoms with Crippen LogP contribution in [0.3, 0.4) is 0 Å². The fourth-order valence-electron chi connectivity index (χ4n) is 4.57. The zero-order valence-corrected chi connectivity index (χ0v) is 14.4. The van der Waals surface area contributed by atoms with E-state index in [2.05, 4.69) is 44.0 Å². The molecule has 0 aromatic heterocycles. The summed E-state index contributed by atoms with van der Waals surface area (Å²) < 4.78 is 0. The molecular formula is C18H33N3. The van der Waals surface area contributed by atoms with Crippen molar-refractivity contribution in [2.75, 3.05) is 6.54 Å². The molecule has 0 aromatic rings. The second-order valence-corrected chi connectivity index (χ2v) is 7.63. The molecule has 3 nitrogen and oxygen atoms in total. The second-order valence-electron chi connectivity index (χ2n) is 7.63. The molecule has 3 heteroatoms. The van der Waals surface area contributed by atoms with Crippen LogP contribution in [-0.4, -0.2) is 35.1 Å². The highest BCUT2D eigenvalue weighted by atomic mass is 15.2. The maximum Gasteiger partial charge on any atom is 0.109 e. The maximum absolute atomic E-state index is 9.75. The SMILES string of the molecule is CC(C)NC1(C#N)CCCC1CCN1C(C)CCCC1C. The minimum atomic E-state index is -0.267. The van der Waals surface area contributed by atoms with Crippen molar-refractivity contribution in [3.8, 4) is 6.07 Å². The number of hydrogen-bond donors (Lipinski definition) is 1. The molecule has 0 bridgehead atoms. The Morgan fingerprint density at radius 2 is 1.86 bits per heavy atom. The monoisotopic (exact) mass is 291 g/mol. The lowest BCUT2D eigenvalue weighted by Crippen LogP contribution is -2.51. The number of nitriles is 1. The third-order valence-electron chi connectivity index (χ3n) is 5.68. The van der Waals surface area contributed by atoms with Crippen molar-refractivity contribution in [2.24, 2.45) is 5.92 Å². The van der Waals surface area contributed by atoms with Gasteiger partial charge in [0.2, 0.25) is 0 Å². The molecule has 0 radical (unpaired) electrons. The van der Waals surface area contributed by atoms with Gasteiger partial charge in [-0.2, -0.15) is 5.26 Å². The van der Waals surface area contributed by atoms with Crippen molar-refractivity contribution >= 4 is 0 Å². The Kier molecular flexibility index (Phi) is 5.68. The van der Waals surface area contributed by atoms with Crippen LogP contribution >= 0.6 is 0 Å². The molecule has 4 atom stereocenters. The van der Waals surface area contributed by atoms with Gasteiger partial charge < -0.3 is 0 Å². The predicted molar refractivity (Wildman–Crippen MR) is 88.1 cm³/mol. The molecule has 1 saturated carbocycles. The van der Waals surface area contributed by atoms with E-state index in [0.29, 0.717) is 24.0 Å². The molecule has 1 heterocycles. The van der Waals surface area contributed by atoms with Crippen LogP contribution in [0.25, 0.3) is 0 Å². The molecule has 1 N–H and O–H groups in total.